The summed E-state index contributed by atoms with van der Waals surface area (Å²) in [6, 6.07) is 68.1. The molecule has 9 atom stereocenters. The Morgan fingerprint density at radius 2 is 0.750 bits per heavy atom. The number of amides is 2. The van der Waals surface area contributed by atoms with Crippen molar-refractivity contribution in [1.82, 2.24) is 26.6 Å². The maximum atomic E-state index is 12.4. The fourth-order valence-corrected chi connectivity index (χ4v) is 13.1. The molecule has 0 bridgehead atoms. The number of carboxylic acid groups (broad SMARTS) is 1. The van der Waals surface area contributed by atoms with E-state index in [0.29, 0.717) is 34.8 Å². The van der Waals surface area contributed by atoms with Crippen molar-refractivity contribution in [3.05, 3.63) is 234 Å². The first-order valence-electron chi connectivity index (χ1n) is 33.9. The number of carbonyl (C=O) groups excluding carboxylic acids is 4. The Labute approximate surface area is 600 Å². The molecule has 12 rings (SSSR count). The highest BCUT2D eigenvalue weighted by Crippen LogP contribution is 2.31. The Bertz CT molecular complexity index is 4110. The third kappa shape index (κ3) is 21.0. The lowest BCUT2D eigenvalue weighted by atomic mass is 9.99. The lowest BCUT2D eigenvalue weighted by molar-refractivity contribution is -0.142. The molecule has 3 aliphatic rings. The number of anilines is 3. The van der Waals surface area contributed by atoms with Crippen LogP contribution in [0.2, 0.25) is 0 Å². The maximum absolute atomic E-state index is 12.4. The van der Waals surface area contributed by atoms with Gasteiger partial charge in [0, 0.05) is 110 Å². The van der Waals surface area contributed by atoms with E-state index in [2.05, 4.69) is 199 Å². The molecular weight excluding hydrogens is 1300 g/mol. The number of hydrogen-bond acceptors (Lipinski definition) is 15. The van der Waals surface area contributed by atoms with Crippen molar-refractivity contribution in [2.24, 2.45) is 5.73 Å². The number of aliphatic hydroxyl groups excluding tert-OH is 1. The second kappa shape index (κ2) is 37.9. The van der Waals surface area contributed by atoms with Gasteiger partial charge in [-0.3, -0.25) is 14.4 Å². The summed E-state index contributed by atoms with van der Waals surface area (Å²) in [6.45, 7) is 17.3. The van der Waals surface area contributed by atoms with Gasteiger partial charge in [0.2, 0.25) is 0 Å². The van der Waals surface area contributed by atoms with Crippen molar-refractivity contribution in [2.75, 3.05) is 74.8 Å². The number of ether oxygens (including phenoxy) is 2. The number of hydrogen-bond donors (Lipinski definition) is 8. The molecular formula is C80H97Cl2N9O9. The quantitative estimate of drug-likeness (QED) is 0.0331. The maximum Gasteiger partial charge on any atom is 0.335 e. The zero-order valence-electron chi connectivity index (χ0n) is 58.3. The molecule has 0 spiro atoms. The van der Waals surface area contributed by atoms with Gasteiger partial charge in [0.1, 0.15) is 12.1 Å². The lowest BCUT2D eigenvalue weighted by Gasteiger charge is -2.23. The third-order valence-corrected chi connectivity index (χ3v) is 18.5. The molecule has 3 heterocycles. The van der Waals surface area contributed by atoms with Crippen LogP contribution in [0.4, 0.5) is 17.1 Å². The van der Waals surface area contributed by atoms with Gasteiger partial charge in [-0.2, -0.15) is 0 Å². The van der Waals surface area contributed by atoms with E-state index in [1.54, 1.807) is 45.0 Å². The SMILES string of the molecule is COC(=O)[C@H](C)N.COC(=O)[C@H](C)NC(=O)c1ccc(N2CC[C@H](N[C@H](C)c3cccc4ccccc34)C2)cc1.C[C@@H](CO)NC(=O)c1ccc(N2CC[C@H](N[C@H](C)c3cccc4ccccc34)C2)cc1.C[C@@H](N[C@H]1CCN(c2ccc(C(=O)O)cc2)C1)c1cccc2ccccc12.Cl.Cl. The van der Waals surface area contributed by atoms with E-state index in [9.17, 15) is 24.0 Å². The summed E-state index contributed by atoms with van der Waals surface area (Å²) in [5, 5.41) is 42.7. The monoisotopic (exact) mass is 1400 g/mol. The van der Waals surface area contributed by atoms with Crippen LogP contribution in [0.5, 0.6) is 0 Å². The topological polar surface area (TPSA) is 240 Å². The highest BCUT2D eigenvalue weighted by atomic mass is 35.5. The van der Waals surface area contributed by atoms with Crippen LogP contribution < -0.4 is 47.0 Å². The molecule has 3 saturated heterocycles. The molecule has 0 aromatic heterocycles. The molecule has 9 aromatic carbocycles. The normalized spacial score (nSPS) is 17.2. The second-order valence-corrected chi connectivity index (χ2v) is 25.7. The van der Waals surface area contributed by atoms with Gasteiger partial charge >= 0.3 is 17.9 Å². The van der Waals surface area contributed by atoms with Crippen molar-refractivity contribution in [1.29, 1.82) is 0 Å². The van der Waals surface area contributed by atoms with Gasteiger partial charge in [0.25, 0.3) is 11.8 Å². The van der Waals surface area contributed by atoms with Crippen LogP contribution in [0.3, 0.4) is 0 Å². The highest BCUT2D eigenvalue weighted by molar-refractivity contribution is 5.97. The number of aromatic carboxylic acids is 1. The molecule has 9 aromatic rings. The molecule has 3 aliphatic heterocycles. The average molecular weight is 1400 g/mol. The van der Waals surface area contributed by atoms with E-state index in [1.165, 1.54) is 63.2 Å². The van der Waals surface area contributed by atoms with Crippen molar-refractivity contribution >= 4 is 104 Å². The summed E-state index contributed by atoms with van der Waals surface area (Å²) in [5.41, 5.74) is 13.8. The molecule has 9 N–H and O–H groups in total. The average Bonchev–Trinajstić information content (AvgIpc) is 1.23. The summed E-state index contributed by atoms with van der Waals surface area (Å²) in [6.07, 6.45) is 3.23. The number of benzene rings is 9. The number of nitrogens with two attached hydrogens (primary N) is 1. The van der Waals surface area contributed by atoms with Crippen LogP contribution in [0.1, 0.15) is 127 Å². The molecule has 0 saturated carbocycles. The van der Waals surface area contributed by atoms with Gasteiger partial charge in [-0.1, -0.05) is 127 Å². The summed E-state index contributed by atoms with van der Waals surface area (Å²) >= 11 is 0. The van der Waals surface area contributed by atoms with Crippen molar-refractivity contribution < 1.29 is 43.7 Å². The van der Waals surface area contributed by atoms with Gasteiger partial charge in [0.15, 0.2) is 0 Å². The number of rotatable bonds is 20. The summed E-state index contributed by atoms with van der Waals surface area (Å²) in [4.78, 5) is 64.3. The number of esters is 2. The van der Waals surface area contributed by atoms with E-state index in [1.807, 2.05) is 48.5 Å². The molecule has 18 nitrogen and oxygen atoms in total. The molecule has 0 unspecified atom stereocenters. The molecule has 0 aliphatic carbocycles. The van der Waals surface area contributed by atoms with Crippen LogP contribution in [-0.2, 0) is 19.1 Å². The summed E-state index contributed by atoms with van der Waals surface area (Å²) < 4.78 is 8.90. The number of carbonyl (C=O) groups is 5. The Hall–Kier alpha value is -9.11. The Morgan fingerprint density at radius 1 is 0.440 bits per heavy atom. The van der Waals surface area contributed by atoms with Crippen LogP contribution in [0.25, 0.3) is 32.3 Å². The number of methoxy groups -OCH3 is 2. The van der Waals surface area contributed by atoms with Gasteiger partial charge in [0.05, 0.1) is 26.4 Å². The van der Waals surface area contributed by atoms with E-state index >= 15 is 0 Å². The summed E-state index contributed by atoms with van der Waals surface area (Å²) in [5.74, 6) is -2.16. The Balaban J connectivity index is 0.000000199. The van der Waals surface area contributed by atoms with E-state index < -0.39 is 24.0 Å². The van der Waals surface area contributed by atoms with Crippen LogP contribution in [0.15, 0.2) is 200 Å². The standard InChI is InChI=1S/C27H31N3O3.C26H31N3O2.C23H24N2O2.C4H9NO2.2ClH/c1-18(24-10-6-8-20-7-4-5-9-25(20)24)28-22-15-16-30(17-22)23-13-11-21(12-14-23)26(31)29-19(2)27(32)33-3;1-18(17-30)27-26(31)21-10-12-23(13-11-21)29-15-14-22(16-29)28-19(2)24-9-5-7-20-6-3-4-8-25(20)24;1-16(21-8-4-6-17-5-2-3-7-22(17)21)24-19-13-14-25(15-19)20-11-9-18(10-12-20)23(26)27;1-3(5)4(6)7-2;;/h4-14,18-19,22,28H,15-17H2,1-3H3,(H,29,31);3-13,18-19,22,28,30H,14-17H2,1-2H3,(H,27,31);2-12,16,19,24H,13-15H2,1H3,(H,26,27);3H,5H2,1-2H3;2*1H/t18-,19+,22+;18-,19+,22-;16-,19+;3-;;/m1010../s1. The Morgan fingerprint density at radius 3 is 1.05 bits per heavy atom. The smallest absolute Gasteiger partial charge is 0.335 e. The molecule has 20 heteroatoms. The number of fused-ring (bicyclic) bond motifs is 3. The van der Waals surface area contributed by atoms with Crippen molar-refractivity contribution in [3.63, 3.8) is 0 Å². The lowest BCUT2D eigenvalue weighted by Crippen LogP contribution is -2.39. The minimum atomic E-state index is -0.883. The van der Waals surface area contributed by atoms with Crippen LogP contribution in [-0.4, -0.2) is 136 Å². The number of aliphatic hydroxyl groups is 1. The molecule has 100 heavy (non-hydrogen) atoms. The first-order chi connectivity index (χ1) is 47.3. The van der Waals surface area contributed by atoms with Crippen LogP contribution in [0, 0.1) is 0 Å². The minimum absolute atomic E-state index is 0. The zero-order chi connectivity index (χ0) is 69.8. The largest absolute Gasteiger partial charge is 0.478 e. The van der Waals surface area contributed by atoms with Crippen LogP contribution >= 0.6 is 24.8 Å². The van der Waals surface area contributed by atoms with E-state index in [0.717, 1.165) is 75.6 Å². The van der Waals surface area contributed by atoms with Gasteiger partial charge in [-0.25, -0.2) is 9.59 Å². The predicted octanol–water partition coefficient (Wildman–Crippen LogP) is 12.8. The third-order valence-electron chi connectivity index (χ3n) is 18.5. The second-order valence-electron chi connectivity index (χ2n) is 25.7. The van der Waals surface area contributed by atoms with Crippen molar-refractivity contribution in [2.45, 2.75) is 115 Å². The Kier molecular flexibility index (Phi) is 29.7. The molecule has 3 fully saturated rings. The predicted molar refractivity (Wildman–Crippen MR) is 408 cm³/mol. The molecule has 2 amide bonds. The number of halogens is 2. The van der Waals surface area contributed by atoms with Gasteiger partial charge in [-0.15, -0.1) is 24.8 Å². The minimum Gasteiger partial charge on any atom is -0.478 e. The number of nitrogens with zero attached hydrogens (tertiary/aromatic N) is 3. The molecule has 0 radical (unpaired) electrons. The van der Waals surface area contributed by atoms with Gasteiger partial charge in [-0.05, 0) is 183 Å². The van der Waals surface area contributed by atoms with E-state index in [4.69, 9.17) is 15.9 Å². The highest BCUT2D eigenvalue weighted by Gasteiger charge is 2.29. The first-order valence-corrected chi connectivity index (χ1v) is 33.9. The molecule has 530 valence electrons. The van der Waals surface area contributed by atoms with Crippen molar-refractivity contribution in [3.8, 4) is 0 Å². The van der Waals surface area contributed by atoms with E-state index in [-0.39, 0.29) is 73.4 Å². The number of carboxylic acids is 1. The fourth-order valence-electron chi connectivity index (χ4n) is 13.1. The fraction of sp³-hybridized carbons (Fsp3) is 0.338. The zero-order valence-corrected chi connectivity index (χ0v) is 59.9. The first kappa shape index (κ1) is 78.2. The van der Waals surface area contributed by atoms with Gasteiger partial charge < -0.3 is 66.7 Å². The number of nitrogens with one attached hydrogen (secondary N) is 5. The summed E-state index contributed by atoms with van der Waals surface area (Å²) in [7, 11) is 2.62.